The second kappa shape index (κ2) is 16.1. The van der Waals surface area contributed by atoms with Crippen molar-refractivity contribution in [3.8, 4) is 0 Å². The van der Waals surface area contributed by atoms with Crippen LogP contribution in [-0.2, 0) is 19.2 Å². The number of likely N-dealkylation sites (N-methyl/N-ethyl adjacent to an activating group) is 1. The van der Waals surface area contributed by atoms with Gasteiger partial charge in [-0.2, -0.15) is 0 Å². The highest BCUT2D eigenvalue weighted by atomic mass is 16.2. The molecule has 3 unspecified atom stereocenters. The second-order valence-corrected chi connectivity index (χ2v) is 14.4. The van der Waals surface area contributed by atoms with Gasteiger partial charge in [-0.15, -0.1) is 0 Å². The van der Waals surface area contributed by atoms with E-state index < -0.39 is 17.5 Å². The van der Waals surface area contributed by atoms with Gasteiger partial charge in [0.25, 0.3) is 0 Å². The first-order chi connectivity index (χ1) is 20.0. The molecule has 0 radical (unpaired) electrons. The van der Waals surface area contributed by atoms with E-state index in [4.69, 9.17) is 0 Å². The minimum Gasteiger partial charge on any atom is -0.352 e. The summed E-state index contributed by atoms with van der Waals surface area (Å²) in [5, 5.41) is 6.24. The Kier molecular flexibility index (Phi) is 13.7. The molecule has 0 aliphatic carbocycles. The van der Waals surface area contributed by atoms with Crippen molar-refractivity contribution in [2.75, 3.05) is 20.1 Å². The van der Waals surface area contributed by atoms with Crippen LogP contribution in [0, 0.1) is 11.3 Å². The van der Waals surface area contributed by atoms with Crippen molar-refractivity contribution in [2.45, 2.75) is 150 Å². The van der Waals surface area contributed by atoms with Gasteiger partial charge in [-0.05, 0) is 77.2 Å². The van der Waals surface area contributed by atoms with E-state index >= 15 is 0 Å². The van der Waals surface area contributed by atoms with E-state index in [2.05, 4.69) is 43.2 Å². The number of carbonyl (C=O) groups excluding carboxylic acids is 4. The highest BCUT2D eigenvalue weighted by Gasteiger charge is 2.40. The summed E-state index contributed by atoms with van der Waals surface area (Å²) in [6.45, 7) is 21.5. The summed E-state index contributed by atoms with van der Waals surface area (Å²) in [6, 6.07) is -1.44. The van der Waals surface area contributed by atoms with Crippen molar-refractivity contribution in [1.82, 2.24) is 25.3 Å². The molecule has 0 aromatic carbocycles. The first-order valence-corrected chi connectivity index (χ1v) is 16.7. The number of nitrogens with one attached hydrogen (secondary N) is 2. The van der Waals surface area contributed by atoms with Crippen LogP contribution in [0.25, 0.3) is 0 Å². The number of hydrogen-bond donors (Lipinski definition) is 2. The summed E-state index contributed by atoms with van der Waals surface area (Å²) >= 11 is 0. The number of amides is 4. The van der Waals surface area contributed by atoms with Gasteiger partial charge in [-0.25, -0.2) is 0 Å². The van der Waals surface area contributed by atoms with Crippen LogP contribution in [0.4, 0.5) is 0 Å². The quantitative estimate of drug-likeness (QED) is 0.320. The van der Waals surface area contributed by atoms with Crippen LogP contribution in [0.3, 0.4) is 0 Å². The first kappa shape index (κ1) is 36.8. The smallest absolute Gasteiger partial charge is 0.249 e. The highest BCUT2D eigenvalue weighted by Crippen LogP contribution is 2.27. The zero-order chi connectivity index (χ0) is 32.6. The Balaban J connectivity index is 2.26. The molecule has 2 fully saturated rings. The van der Waals surface area contributed by atoms with Crippen LogP contribution in [0.15, 0.2) is 11.6 Å². The van der Waals surface area contributed by atoms with Crippen molar-refractivity contribution in [1.29, 1.82) is 0 Å². The van der Waals surface area contributed by atoms with Gasteiger partial charge in [0.05, 0.1) is 12.1 Å². The molecule has 9 heteroatoms. The van der Waals surface area contributed by atoms with Gasteiger partial charge in [-0.1, -0.05) is 61.0 Å². The molecule has 0 bridgehead atoms. The molecule has 2 rings (SSSR count). The summed E-state index contributed by atoms with van der Waals surface area (Å²) in [7, 11) is 1.76. The molecule has 4 atom stereocenters. The fraction of sp³-hybridized carbons (Fsp3) is 0.824. The van der Waals surface area contributed by atoms with Gasteiger partial charge in [0, 0.05) is 31.2 Å². The number of hydrogen-bond acceptors (Lipinski definition) is 5. The topological polar surface area (TPSA) is 102 Å². The molecule has 0 spiro atoms. The molecule has 2 heterocycles. The predicted molar refractivity (Wildman–Crippen MR) is 173 cm³/mol. The largest absolute Gasteiger partial charge is 0.352 e. The zero-order valence-corrected chi connectivity index (χ0v) is 29.0. The lowest BCUT2D eigenvalue weighted by Gasteiger charge is -2.41. The summed E-state index contributed by atoms with van der Waals surface area (Å²) in [5.41, 5.74) is 0.00563. The molecule has 4 amide bonds. The van der Waals surface area contributed by atoms with Crippen LogP contribution in [0.5, 0.6) is 0 Å². The fourth-order valence-corrected chi connectivity index (χ4v) is 6.47. The number of nitrogens with zero attached hydrogens (tertiary/aromatic N) is 3. The number of likely N-dealkylation sites (tertiary alicyclic amines) is 2. The molecule has 2 aliphatic rings. The van der Waals surface area contributed by atoms with Gasteiger partial charge < -0.3 is 20.4 Å². The maximum Gasteiger partial charge on any atom is 0.249 e. The van der Waals surface area contributed by atoms with E-state index in [1.165, 1.54) is 0 Å². The normalized spacial score (nSPS) is 21.7. The Hall–Kier alpha value is -2.42. The number of carbonyl (C=O) groups is 4. The lowest BCUT2D eigenvalue weighted by atomic mass is 9.84. The molecular formula is C34H61N5O4. The summed E-state index contributed by atoms with van der Waals surface area (Å²) in [4.78, 5) is 60.0. The van der Waals surface area contributed by atoms with E-state index in [1.807, 2.05) is 40.7 Å². The maximum atomic E-state index is 14.1. The molecule has 9 nitrogen and oxygen atoms in total. The van der Waals surface area contributed by atoms with Crippen LogP contribution in [-0.4, -0.2) is 94.7 Å². The molecule has 246 valence electrons. The van der Waals surface area contributed by atoms with E-state index in [9.17, 15) is 19.2 Å². The SMILES string of the molecule is CCC(CC)NC(=O)[C@@H]1CCCN1C(=O)/C(C)=C/C(C(C)C)N(C)C(=O)C(NC(=O)C1CCCCN1C(C)C)C(C)(C)C. The summed E-state index contributed by atoms with van der Waals surface area (Å²) < 4.78 is 0. The molecular weight excluding hydrogens is 542 g/mol. The van der Waals surface area contributed by atoms with Crippen molar-refractivity contribution < 1.29 is 19.2 Å². The van der Waals surface area contributed by atoms with Crippen LogP contribution < -0.4 is 10.6 Å². The maximum absolute atomic E-state index is 14.1. The van der Waals surface area contributed by atoms with E-state index in [0.717, 1.165) is 45.1 Å². The highest BCUT2D eigenvalue weighted by molar-refractivity contribution is 5.97. The molecule has 0 aromatic rings. The third-order valence-corrected chi connectivity index (χ3v) is 9.29. The molecule has 43 heavy (non-hydrogen) atoms. The minimum absolute atomic E-state index is 0.0235. The summed E-state index contributed by atoms with van der Waals surface area (Å²) in [5.74, 6) is -0.495. The van der Waals surface area contributed by atoms with Crippen molar-refractivity contribution >= 4 is 23.6 Å². The third-order valence-electron chi connectivity index (χ3n) is 9.29. The van der Waals surface area contributed by atoms with Crippen molar-refractivity contribution in [3.05, 3.63) is 11.6 Å². The zero-order valence-electron chi connectivity index (χ0n) is 29.0. The molecule has 0 saturated carbocycles. The lowest BCUT2D eigenvalue weighted by molar-refractivity contribution is -0.142. The molecule has 0 aromatic heterocycles. The first-order valence-electron chi connectivity index (χ1n) is 16.7. The van der Waals surface area contributed by atoms with E-state index in [-0.39, 0.29) is 53.7 Å². The Morgan fingerprint density at radius 3 is 2.00 bits per heavy atom. The standard InChI is InChI=1S/C34H61N5O4/c1-12-25(13-2)35-30(40)27-18-16-20-39(27)32(42)24(7)21-28(22(3)4)37(11)33(43)29(34(8,9)10)36-31(41)26-17-14-15-19-38(26)23(5)6/h21-23,25-29H,12-20H2,1-11H3,(H,35,40)(H,36,41)/b24-21+/t26?,27-,28?,29?/m0/s1. The predicted octanol–water partition coefficient (Wildman–Crippen LogP) is 4.51. The lowest BCUT2D eigenvalue weighted by Crippen LogP contribution is -2.60. The van der Waals surface area contributed by atoms with Gasteiger partial charge in [0.2, 0.25) is 23.6 Å². The van der Waals surface area contributed by atoms with Crippen molar-refractivity contribution in [3.63, 3.8) is 0 Å². The number of rotatable bonds is 12. The van der Waals surface area contributed by atoms with E-state index in [0.29, 0.717) is 18.5 Å². The van der Waals surface area contributed by atoms with Crippen LogP contribution >= 0.6 is 0 Å². The number of piperidine rings is 1. The average molecular weight is 604 g/mol. The Labute approximate surface area is 261 Å². The van der Waals surface area contributed by atoms with Crippen molar-refractivity contribution in [2.24, 2.45) is 11.3 Å². The molecule has 2 aliphatic heterocycles. The fourth-order valence-electron chi connectivity index (χ4n) is 6.47. The summed E-state index contributed by atoms with van der Waals surface area (Å²) in [6.07, 6.45) is 7.87. The van der Waals surface area contributed by atoms with Crippen LogP contribution in [0.2, 0.25) is 0 Å². The van der Waals surface area contributed by atoms with Gasteiger partial charge >= 0.3 is 0 Å². The van der Waals surface area contributed by atoms with Gasteiger partial charge in [0.1, 0.15) is 12.1 Å². The monoisotopic (exact) mass is 603 g/mol. The minimum atomic E-state index is -0.719. The van der Waals surface area contributed by atoms with Gasteiger partial charge in [-0.3, -0.25) is 24.1 Å². The average Bonchev–Trinajstić information content (AvgIpc) is 3.45. The van der Waals surface area contributed by atoms with Gasteiger partial charge in [0.15, 0.2) is 0 Å². The Morgan fingerprint density at radius 1 is 0.884 bits per heavy atom. The second-order valence-electron chi connectivity index (χ2n) is 14.4. The molecule has 2 saturated heterocycles. The third kappa shape index (κ3) is 9.53. The van der Waals surface area contributed by atoms with E-state index in [1.54, 1.807) is 23.8 Å². The van der Waals surface area contributed by atoms with Crippen LogP contribution in [0.1, 0.15) is 114 Å². The Bertz CT molecular complexity index is 997. The Morgan fingerprint density at radius 2 is 1.47 bits per heavy atom. The molecule has 2 N–H and O–H groups in total.